The molecule has 0 spiro atoms. The van der Waals surface area contributed by atoms with Crippen LogP contribution in [0.1, 0.15) is 33.3 Å². The van der Waals surface area contributed by atoms with Crippen LogP contribution >= 0.6 is 0 Å². The molecule has 0 bridgehead atoms. The summed E-state index contributed by atoms with van der Waals surface area (Å²) < 4.78 is 65.5. The predicted octanol–water partition coefficient (Wildman–Crippen LogP) is 4.62. The van der Waals surface area contributed by atoms with Crippen LogP contribution in [-0.4, -0.2) is 44.2 Å². The second kappa shape index (κ2) is 11.6. The summed E-state index contributed by atoms with van der Waals surface area (Å²) in [5, 5.41) is 2.16. The summed E-state index contributed by atoms with van der Waals surface area (Å²) in [6.45, 7) is 7.66. The van der Waals surface area contributed by atoms with Gasteiger partial charge < -0.3 is 19.5 Å². The number of aryl methyl sites for hydroxylation is 1. The molecule has 1 N–H and O–H groups in total. The summed E-state index contributed by atoms with van der Waals surface area (Å²) in [6.07, 6.45) is -5.84. The topological polar surface area (TPSA) is 56.8 Å². The number of carbonyl (C=O) groups excluding carboxylic acids is 1. The van der Waals surface area contributed by atoms with Gasteiger partial charge in [0.1, 0.15) is 18.2 Å². The first kappa shape index (κ1) is 25.0. The molecule has 1 rings (SSSR count). The van der Waals surface area contributed by atoms with Gasteiger partial charge >= 0.3 is 12.3 Å². The van der Waals surface area contributed by atoms with Crippen molar-refractivity contribution in [2.75, 3.05) is 26.4 Å². The van der Waals surface area contributed by atoms with Gasteiger partial charge in [0.25, 0.3) is 0 Å². The fourth-order valence-electron chi connectivity index (χ4n) is 1.59. The molecule has 1 amide bonds. The lowest BCUT2D eigenvalue weighted by Gasteiger charge is -2.27. The zero-order chi connectivity index (χ0) is 21.1. The number of alkyl carbamates (subject to hydrolysis) is 1. The van der Waals surface area contributed by atoms with E-state index >= 15 is 0 Å². The van der Waals surface area contributed by atoms with Crippen LogP contribution in [0, 0.1) is 12.7 Å². The number of hydrogen-bond acceptors (Lipinski definition) is 4. The number of benzene rings is 1. The van der Waals surface area contributed by atoms with Crippen LogP contribution in [0.3, 0.4) is 0 Å². The molecule has 0 aliphatic carbocycles. The molecule has 0 fully saturated rings. The van der Waals surface area contributed by atoms with Crippen LogP contribution in [0.5, 0.6) is 5.75 Å². The fourth-order valence-corrected chi connectivity index (χ4v) is 1.59. The molecule has 9 heteroatoms. The molecule has 0 saturated carbocycles. The molecule has 0 heterocycles. The molecule has 0 aromatic heterocycles. The van der Waals surface area contributed by atoms with Crippen molar-refractivity contribution >= 4 is 6.09 Å². The maximum absolute atomic E-state index is 13.1. The average molecular weight is 397 g/mol. The van der Waals surface area contributed by atoms with Crippen molar-refractivity contribution < 1.29 is 36.6 Å². The fraction of sp³-hybridized carbons (Fsp3) is 0.611. The monoisotopic (exact) mass is 397 g/mol. The van der Waals surface area contributed by atoms with E-state index in [9.17, 15) is 22.4 Å². The molecule has 1 aromatic carbocycles. The van der Waals surface area contributed by atoms with Crippen LogP contribution in [0.15, 0.2) is 18.2 Å². The Balaban J connectivity index is 0.00000326. The van der Waals surface area contributed by atoms with E-state index in [0.717, 1.165) is 19.4 Å². The number of rotatable bonds is 8. The lowest BCUT2D eigenvalue weighted by molar-refractivity contribution is -0.243. The first-order chi connectivity index (χ1) is 12.5. The van der Waals surface area contributed by atoms with E-state index in [1.54, 1.807) is 13.0 Å². The molecule has 0 radical (unpaired) electrons. The standard InChI is InChI=1S/C16H21F4NO4.C2H6/c1-11-4-5-12(17)10-13(11)24-9-8-23-7-6-21-14(22)25-15(2,3)16(18,19)20;1-2/h4-5,10H,6-9H2,1-3H3,(H,21,22);1-2H3. The lowest BCUT2D eigenvalue weighted by Crippen LogP contribution is -2.46. The van der Waals surface area contributed by atoms with Gasteiger partial charge in [0.15, 0.2) is 0 Å². The molecule has 0 unspecified atom stereocenters. The Morgan fingerprint density at radius 3 is 2.33 bits per heavy atom. The Kier molecular flexibility index (Phi) is 10.8. The third-order valence-electron chi connectivity index (χ3n) is 3.18. The van der Waals surface area contributed by atoms with E-state index in [2.05, 4.69) is 10.1 Å². The van der Waals surface area contributed by atoms with Crippen LogP contribution in [0.2, 0.25) is 0 Å². The molecule has 5 nitrogen and oxygen atoms in total. The van der Waals surface area contributed by atoms with Crippen molar-refractivity contribution in [1.29, 1.82) is 0 Å². The minimum absolute atomic E-state index is 0.0221. The van der Waals surface area contributed by atoms with Gasteiger partial charge in [-0.25, -0.2) is 9.18 Å². The van der Waals surface area contributed by atoms with Crippen molar-refractivity contribution in [1.82, 2.24) is 5.32 Å². The van der Waals surface area contributed by atoms with Crippen molar-refractivity contribution in [3.05, 3.63) is 29.6 Å². The molecule has 1 aromatic rings. The summed E-state index contributed by atoms with van der Waals surface area (Å²) >= 11 is 0. The summed E-state index contributed by atoms with van der Waals surface area (Å²) in [5.74, 6) is -0.00861. The molecule has 156 valence electrons. The first-order valence-corrected chi connectivity index (χ1v) is 8.53. The third kappa shape index (κ3) is 9.46. The largest absolute Gasteiger partial charge is 0.491 e. The Morgan fingerprint density at radius 2 is 1.74 bits per heavy atom. The number of carbonyl (C=O) groups is 1. The first-order valence-electron chi connectivity index (χ1n) is 8.53. The molecule has 0 aliphatic heterocycles. The maximum Gasteiger partial charge on any atom is 0.427 e. The normalized spacial score (nSPS) is 11.3. The Hall–Kier alpha value is -2.03. The van der Waals surface area contributed by atoms with Crippen LogP contribution in [0.25, 0.3) is 0 Å². The highest BCUT2D eigenvalue weighted by molar-refractivity contribution is 5.67. The number of ether oxygens (including phenoxy) is 3. The minimum atomic E-state index is -4.66. The van der Waals surface area contributed by atoms with E-state index < -0.39 is 23.7 Å². The van der Waals surface area contributed by atoms with Gasteiger partial charge in [-0.05, 0) is 32.4 Å². The quantitative estimate of drug-likeness (QED) is 0.514. The van der Waals surface area contributed by atoms with Crippen molar-refractivity contribution in [2.24, 2.45) is 0 Å². The lowest BCUT2D eigenvalue weighted by atomic mass is 10.1. The molecule has 27 heavy (non-hydrogen) atoms. The Labute approximate surface area is 157 Å². The molecule has 0 aliphatic rings. The predicted molar refractivity (Wildman–Crippen MR) is 93.4 cm³/mol. The van der Waals surface area contributed by atoms with E-state index in [1.807, 2.05) is 13.8 Å². The van der Waals surface area contributed by atoms with Gasteiger partial charge in [0.05, 0.1) is 13.2 Å². The van der Waals surface area contributed by atoms with E-state index in [1.165, 1.54) is 12.1 Å². The zero-order valence-corrected chi connectivity index (χ0v) is 16.2. The van der Waals surface area contributed by atoms with Crippen LogP contribution in [-0.2, 0) is 9.47 Å². The van der Waals surface area contributed by atoms with E-state index in [0.29, 0.717) is 5.75 Å². The molecular formula is C18H27F4NO4. The van der Waals surface area contributed by atoms with Crippen LogP contribution < -0.4 is 10.1 Å². The van der Waals surface area contributed by atoms with E-state index in [-0.39, 0.29) is 26.4 Å². The Morgan fingerprint density at radius 1 is 1.11 bits per heavy atom. The second-order valence-corrected chi connectivity index (χ2v) is 5.70. The highest BCUT2D eigenvalue weighted by Gasteiger charge is 2.50. The minimum Gasteiger partial charge on any atom is -0.491 e. The third-order valence-corrected chi connectivity index (χ3v) is 3.18. The van der Waals surface area contributed by atoms with Crippen molar-refractivity contribution in [2.45, 2.75) is 46.4 Å². The summed E-state index contributed by atoms with van der Waals surface area (Å²) in [5.41, 5.74) is -1.80. The number of nitrogens with one attached hydrogen (secondary N) is 1. The second-order valence-electron chi connectivity index (χ2n) is 5.70. The number of hydrogen-bond donors (Lipinski definition) is 1. The van der Waals surface area contributed by atoms with Gasteiger partial charge in [0.2, 0.25) is 5.60 Å². The number of alkyl halides is 3. The summed E-state index contributed by atoms with van der Waals surface area (Å²) in [6, 6.07) is 4.17. The number of amides is 1. The SMILES string of the molecule is CC.Cc1ccc(F)cc1OCCOCCNC(=O)OC(C)(C)C(F)(F)F. The Bertz CT molecular complexity index is 577. The highest BCUT2D eigenvalue weighted by Crippen LogP contribution is 2.32. The summed E-state index contributed by atoms with van der Waals surface area (Å²) in [4.78, 5) is 11.3. The molecular weight excluding hydrogens is 370 g/mol. The maximum atomic E-state index is 13.1. The van der Waals surface area contributed by atoms with Gasteiger partial charge in [-0.2, -0.15) is 13.2 Å². The zero-order valence-electron chi connectivity index (χ0n) is 16.2. The number of halogens is 4. The van der Waals surface area contributed by atoms with Gasteiger partial charge in [-0.3, -0.25) is 0 Å². The van der Waals surface area contributed by atoms with E-state index in [4.69, 9.17) is 9.47 Å². The molecule has 0 saturated heterocycles. The van der Waals surface area contributed by atoms with Gasteiger partial charge in [-0.1, -0.05) is 19.9 Å². The molecule has 0 atom stereocenters. The highest BCUT2D eigenvalue weighted by atomic mass is 19.4. The van der Waals surface area contributed by atoms with Gasteiger partial charge in [0, 0.05) is 12.6 Å². The summed E-state index contributed by atoms with van der Waals surface area (Å²) in [7, 11) is 0. The van der Waals surface area contributed by atoms with Crippen LogP contribution in [0.4, 0.5) is 22.4 Å². The smallest absolute Gasteiger partial charge is 0.427 e. The van der Waals surface area contributed by atoms with Crippen molar-refractivity contribution in [3.8, 4) is 5.75 Å². The van der Waals surface area contributed by atoms with Gasteiger partial charge in [-0.15, -0.1) is 0 Å². The average Bonchev–Trinajstić information content (AvgIpc) is 2.57. The van der Waals surface area contributed by atoms with Crippen molar-refractivity contribution in [3.63, 3.8) is 0 Å².